The number of nitrogens with zero attached hydrogens (tertiary/aromatic N) is 2. The highest BCUT2D eigenvalue weighted by Gasteiger charge is 2.03. The molecule has 2 aromatic heterocycles. The van der Waals surface area contributed by atoms with Crippen LogP contribution in [-0.4, -0.2) is 9.55 Å². The van der Waals surface area contributed by atoms with Gasteiger partial charge < -0.3 is 9.88 Å². The van der Waals surface area contributed by atoms with E-state index in [0.717, 1.165) is 23.4 Å². The van der Waals surface area contributed by atoms with Crippen molar-refractivity contribution in [2.45, 2.75) is 13.5 Å². The first-order valence-corrected chi connectivity index (χ1v) is 6.44. The van der Waals surface area contributed by atoms with Crippen molar-refractivity contribution in [3.8, 4) is 0 Å². The molecule has 0 bridgehead atoms. The van der Waals surface area contributed by atoms with Crippen LogP contribution in [0.25, 0.3) is 10.9 Å². The van der Waals surface area contributed by atoms with Crippen molar-refractivity contribution in [3.63, 3.8) is 0 Å². The SMILES string of the molecule is Cc1ccc2cccc(NCc3cccn3C)c2n1. The first-order valence-electron chi connectivity index (χ1n) is 6.44. The Morgan fingerprint density at radius 2 is 2.00 bits per heavy atom. The van der Waals surface area contributed by atoms with Gasteiger partial charge in [-0.05, 0) is 31.2 Å². The number of anilines is 1. The summed E-state index contributed by atoms with van der Waals surface area (Å²) in [7, 11) is 2.06. The standard InChI is InChI=1S/C16H17N3/c1-12-8-9-13-5-3-7-15(16(13)18-12)17-11-14-6-4-10-19(14)2/h3-10,17H,11H2,1-2H3. The fraction of sp³-hybridized carbons (Fsp3) is 0.188. The van der Waals surface area contributed by atoms with Gasteiger partial charge in [0, 0.05) is 30.0 Å². The largest absolute Gasteiger partial charge is 0.378 e. The van der Waals surface area contributed by atoms with Crippen molar-refractivity contribution in [2.75, 3.05) is 5.32 Å². The molecular weight excluding hydrogens is 234 g/mol. The highest BCUT2D eigenvalue weighted by molar-refractivity contribution is 5.90. The monoisotopic (exact) mass is 251 g/mol. The minimum absolute atomic E-state index is 0.804. The third-order valence-electron chi connectivity index (χ3n) is 3.37. The fourth-order valence-corrected chi connectivity index (χ4v) is 2.25. The van der Waals surface area contributed by atoms with Gasteiger partial charge in [0.25, 0.3) is 0 Å². The van der Waals surface area contributed by atoms with Gasteiger partial charge >= 0.3 is 0 Å². The van der Waals surface area contributed by atoms with Crippen molar-refractivity contribution in [1.29, 1.82) is 0 Å². The van der Waals surface area contributed by atoms with Crippen molar-refractivity contribution in [3.05, 3.63) is 60.0 Å². The van der Waals surface area contributed by atoms with E-state index in [2.05, 4.69) is 64.5 Å². The quantitative estimate of drug-likeness (QED) is 0.772. The summed E-state index contributed by atoms with van der Waals surface area (Å²) < 4.78 is 2.12. The molecule has 0 saturated heterocycles. The number of para-hydroxylation sites is 1. The molecule has 3 nitrogen and oxygen atoms in total. The summed E-state index contributed by atoms with van der Waals surface area (Å²) in [5.74, 6) is 0. The molecule has 3 heteroatoms. The van der Waals surface area contributed by atoms with Gasteiger partial charge in [0.05, 0.1) is 17.7 Å². The molecule has 0 amide bonds. The second kappa shape index (κ2) is 4.76. The number of aryl methyl sites for hydroxylation is 2. The van der Waals surface area contributed by atoms with Crippen molar-refractivity contribution >= 4 is 16.6 Å². The number of nitrogens with one attached hydrogen (secondary N) is 1. The van der Waals surface area contributed by atoms with Crippen LogP contribution in [0.5, 0.6) is 0 Å². The molecule has 0 atom stereocenters. The third-order valence-corrected chi connectivity index (χ3v) is 3.37. The van der Waals surface area contributed by atoms with Gasteiger partial charge in [-0.1, -0.05) is 18.2 Å². The van der Waals surface area contributed by atoms with Gasteiger partial charge in [-0.3, -0.25) is 4.98 Å². The Balaban J connectivity index is 1.92. The Hall–Kier alpha value is -2.29. The number of aromatic nitrogens is 2. The molecule has 0 saturated carbocycles. The van der Waals surface area contributed by atoms with Gasteiger partial charge in [0.2, 0.25) is 0 Å². The Labute approximate surface area is 112 Å². The summed E-state index contributed by atoms with van der Waals surface area (Å²) in [6.07, 6.45) is 2.06. The predicted molar refractivity (Wildman–Crippen MR) is 79.2 cm³/mol. The highest BCUT2D eigenvalue weighted by atomic mass is 15.0. The van der Waals surface area contributed by atoms with Crippen LogP contribution in [-0.2, 0) is 13.6 Å². The molecule has 0 fully saturated rings. The van der Waals surface area contributed by atoms with Gasteiger partial charge in [0.15, 0.2) is 0 Å². The molecule has 0 unspecified atom stereocenters. The summed E-state index contributed by atoms with van der Waals surface area (Å²) >= 11 is 0. The Morgan fingerprint density at radius 3 is 2.79 bits per heavy atom. The lowest BCUT2D eigenvalue weighted by Crippen LogP contribution is -2.04. The first kappa shape index (κ1) is 11.8. The second-order valence-corrected chi connectivity index (χ2v) is 4.79. The molecule has 19 heavy (non-hydrogen) atoms. The average Bonchev–Trinajstić information content (AvgIpc) is 2.82. The lowest BCUT2D eigenvalue weighted by atomic mass is 10.1. The number of rotatable bonds is 3. The summed E-state index contributed by atoms with van der Waals surface area (Å²) in [4.78, 5) is 4.63. The summed E-state index contributed by atoms with van der Waals surface area (Å²) in [5, 5.41) is 4.64. The van der Waals surface area contributed by atoms with Gasteiger partial charge in [-0.2, -0.15) is 0 Å². The predicted octanol–water partition coefficient (Wildman–Crippen LogP) is 3.49. The van der Waals surface area contributed by atoms with Crippen LogP contribution in [0.4, 0.5) is 5.69 Å². The van der Waals surface area contributed by atoms with E-state index in [1.165, 1.54) is 11.1 Å². The van der Waals surface area contributed by atoms with Crippen molar-refractivity contribution in [1.82, 2.24) is 9.55 Å². The lowest BCUT2D eigenvalue weighted by molar-refractivity contribution is 0.843. The molecule has 3 aromatic rings. The van der Waals surface area contributed by atoms with Crippen LogP contribution in [0.1, 0.15) is 11.4 Å². The van der Waals surface area contributed by atoms with Crippen LogP contribution < -0.4 is 5.32 Å². The zero-order valence-corrected chi connectivity index (χ0v) is 11.2. The maximum atomic E-state index is 4.63. The number of benzene rings is 1. The molecule has 3 rings (SSSR count). The van der Waals surface area contributed by atoms with Gasteiger partial charge in [0.1, 0.15) is 0 Å². The normalized spacial score (nSPS) is 10.8. The third kappa shape index (κ3) is 2.32. The maximum Gasteiger partial charge on any atom is 0.0936 e. The Morgan fingerprint density at radius 1 is 1.11 bits per heavy atom. The van der Waals surface area contributed by atoms with Crippen molar-refractivity contribution in [2.24, 2.45) is 7.05 Å². The molecule has 0 aliphatic heterocycles. The second-order valence-electron chi connectivity index (χ2n) is 4.79. The van der Waals surface area contributed by atoms with Crippen LogP contribution in [0, 0.1) is 6.92 Å². The molecule has 0 radical (unpaired) electrons. The van der Waals surface area contributed by atoms with E-state index < -0.39 is 0 Å². The number of pyridine rings is 1. The lowest BCUT2D eigenvalue weighted by Gasteiger charge is -2.10. The molecule has 0 aliphatic rings. The molecule has 2 heterocycles. The molecule has 0 aliphatic carbocycles. The van der Waals surface area contributed by atoms with E-state index in [-0.39, 0.29) is 0 Å². The molecule has 96 valence electrons. The van der Waals surface area contributed by atoms with Crippen molar-refractivity contribution < 1.29 is 0 Å². The van der Waals surface area contributed by atoms with Crippen LogP contribution in [0.15, 0.2) is 48.7 Å². The van der Waals surface area contributed by atoms with Gasteiger partial charge in [-0.25, -0.2) is 0 Å². The Kier molecular flexibility index (Phi) is 2.95. The van der Waals surface area contributed by atoms with E-state index in [4.69, 9.17) is 0 Å². The highest BCUT2D eigenvalue weighted by Crippen LogP contribution is 2.22. The van der Waals surface area contributed by atoms with Crippen LogP contribution in [0.3, 0.4) is 0 Å². The minimum atomic E-state index is 0.804. The summed E-state index contributed by atoms with van der Waals surface area (Å²) in [6, 6.07) is 14.6. The first-order chi connectivity index (χ1) is 9.24. The molecular formula is C16H17N3. The fourth-order valence-electron chi connectivity index (χ4n) is 2.25. The van der Waals surface area contributed by atoms with E-state index in [1.807, 2.05) is 13.0 Å². The van der Waals surface area contributed by atoms with Gasteiger partial charge in [-0.15, -0.1) is 0 Å². The Bertz CT molecular complexity index is 713. The maximum absolute atomic E-state index is 4.63. The molecule has 1 aromatic carbocycles. The minimum Gasteiger partial charge on any atom is -0.378 e. The number of fused-ring (bicyclic) bond motifs is 1. The zero-order chi connectivity index (χ0) is 13.2. The molecule has 1 N–H and O–H groups in total. The topological polar surface area (TPSA) is 29.9 Å². The van der Waals surface area contributed by atoms with E-state index in [9.17, 15) is 0 Å². The number of hydrogen-bond acceptors (Lipinski definition) is 2. The zero-order valence-electron chi connectivity index (χ0n) is 11.2. The van der Waals surface area contributed by atoms with E-state index in [0.29, 0.717) is 0 Å². The number of hydrogen-bond donors (Lipinski definition) is 1. The van der Waals surface area contributed by atoms with Crippen LogP contribution in [0.2, 0.25) is 0 Å². The average molecular weight is 251 g/mol. The summed E-state index contributed by atoms with van der Waals surface area (Å²) in [5.41, 5.74) is 4.42. The molecule has 0 spiro atoms. The smallest absolute Gasteiger partial charge is 0.0936 e. The van der Waals surface area contributed by atoms with Crippen LogP contribution >= 0.6 is 0 Å². The van der Waals surface area contributed by atoms with E-state index >= 15 is 0 Å². The van der Waals surface area contributed by atoms with E-state index in [1.54, 1.807) is 0 Å². The summed E-state index contributed by atoms with van der Waals surface area (Å²) in [6.45, 7) is 2.83.